The molecule has 0 amide bonds. The first kappa shape index (κ1) is 30.4. The number of carbonyl (C=O) groups is 1. The molecule has 0 aliphatic carbocycles. The molecule has 3 aromatic rings. The topological polar surface area (TPSA) is 94.8 Å². The first-order valence-corrected chi connectivity index (χ1v) is 14.3. The minimum Gasteiger partial charge on any atom is -0.497 e. The molecule has 2 fully saturated rings. The highest BCUT2D eigenvalue weighted by Gasteiger charge is 2.53. The molecule has 5 rings (SSSR count). The van der Waals surface area contributed by atoms with Gasteiger partial charge in [-0.25, -0.2) is 0 Å². The van der Waals surface area contributed by atoms with E-state index in [1.54, 1.807) is 19.2 Å². The Hall–Kier alpha value is -3.05. The molecule has 0 unspecified atom stereocenters. The lowest BCUT2D eigenvalue weighted by Crippen LogP contribution is -2.63. The van der Waals surface area contributed by atoms with E-state index in [0.717, 1.165) is 16.9 Å². The minimum absolute atomic E-state index is 0.0176. The molecule has 9 nitrogen and oxygen atoms in total. The second kappa shape index (κ2) is 13.1. The molecular formula is C33H40O9. The predicted molar refractivity (Wildman–Crippen MR) is 153 cm³/mol. The number of hydrogen-bond acceptors (Lipinski definition) is 9. The highest BCUT2D eigenvalue weighted by Crippen LogP contribution is 2.38. The number of ketones is 1. The van der Waals surface area contributed by atoms with Gasteiger partial charge in [-0.2, -0.15) is 0 Å². The Balaban J connectivity index is 1.46. The van der Waals surface area contributed by atoms with Gasteiger partial charge in [-0.3, -0.25) is 4.79 Å². The highest BCUT2D eigenvalue weighted by atomic mass is 16.8. The number of hydrogen-bond donors (Lipinski definition) is 0. The van der Waals surface area contributed by atoms with E-state index in [1.807, 2.05) is 82.3 Å². The van der Waals surface area contributed by atoms with E-state index in [-0.39, 0.29) is 31.2 Å². The molecule has 1 aromatic heterocycles. The Bertz CT molecular complexity index is 1270. The maximum Gasteiger partial charge on any atom is 0.200 e. The Kier molecular flexibility index (Phi) is 9.47. The second-order valence-electron chi connectivity index (χ2n) is 11.5. The molecule has 0 N–H and O–H groups in total. The van der Waals surface area contributed by atoms with E-state index in [9.17, 15) is 4.79 Å². The molecule has 3 heterocycles. The summed E-state index contributed by atoms with van der Waals surface area (Å²) in [5.74, 6) is -0.974. The molecule has 2 aliphatic rings. The molecule has 0 radical (unpaired) electrons. The second-order valence-corrected chi connectivity index (χ2v) is 11.5. The van der Waals surface area contributed by atoms with Crippen LogP contribution in [-0.2, 0) is 41.6 Å². The Morgan fingerprint density at radius 1 is 0.881 bits per heavy atom. The van der Waals surface area contributed by atoms with Crippen molar-refractivity contribution in [1.82, 2.24) is 0 Å². The standard InChI is InChI=1S/C33H40O9/c1-32(2)39-21-28(40-32)30-31(38-20-23-13-15-24(35-5)16-14-23)29(41-33(3,4)42-30)27(18-25(34)26-12-9-17-36-26)37-19-22-10-7-6-8-11-22/h6-17,27-31H,18-21H2,1-5H3/t27-,28+,29-,30+,31+/m0/s1. The van der Waals surface area contributed by atoms with E-state index in [4.69, 9.17) is 37.6 Å². The predicted octanol–water partition coefficient (Wildman–Crippen LogP) is 5.70. The van der Waals surface area contributed by atoms with Crippen molar-refractivity contribution >= 4 is 5.78 Å². The van der Waals surface area contributed by atoms with Crippen LogP contribution in [0.1, 0.15) is 55.8 Å². The van der Waals surface area contributed by atoms with E-state index in [0.29, 0.717) is 6.61 Å². The Labute approximate surface area is 246 Å². The summed E-state index contributed by atoms with van der Waals surface area (Å²) in [6.45, 7) is 8.30. The molecule has 42 heavy (non-hydrogen) atoms. The number of benzene rings is 2. The summed E-state index contributed by atoms with van der Waals surface area (Å²) in [7, 11) is 1.63. The highest BCUT2D eigenvalue weighted by molar-refractivity contribution is 5.93. The van der Waals surface area contributed by atoms with Gasteiger partial charge in [0.25, 0.3) is 0 Å². The van der Waals surface area contributed by atoms with Crippen molar-refractivity contribution in [2.45, 2.75) is 89.4 Å². The lowest BCUT2D eigenvalue weighted by Gasteiger charge is -2.49. The largest absolute Gasteiger partial charge is 0.497 e. The summed E-state index contributed by atoms with van der Waals surface area (Å²) < 4.78 is 49.0. The van der Waals surface area contributed by atoms with E-state index in [1.165, 1.54) is 6.26 Å². The lowest BCUT2D eigenvalue weighted by molar-refractivity contribution is -0.366. The quantitative estimate of drug-likeness (QED) is 0.250. The summed E-state index contributed by atoms with van der Waals surface area (Å²) >= 11 is 0. The average Bonchev–Trinajstić information content (AvgIpc) is 3.64. The third kappa shape index (κ3) is 7.66. The fourth-order valence-corrected chi connectivity index (χ4v) is 5.33. The van der Waals surface area contributed by atoms with Crippen molar-refractivity contribution in [3.05, 3.63) is 89.9 Å². The van der Waals surface area contributed by atoms with Gasteiger partial charge in [-0.15, -0.1) is 0 Å². The summed E-state index contributed by atoms with van der Waals surface area (Å²) in [6, 6.07) is 20.8. The monoisotopic (exact) mass is 580 g/mol. The van der Waals surface area contributed by atoms with Gasteiger partial charge in [0, 0.05) is 6.42 Å². The van der Waals surface area contributed by atoms with Crippen LogP contribution in [0.3, 0.4) is 0 Å². The van der Waals surface area contributed by atoms with Gasteiger partial charge >= 0.3 is 0 Å². The van der Waals surface area contributed by atoms with Crippen LogP contribution in [0.4, 0.5) is 0 Å². The van der Waals surface area contributed by atoms with E-state index >= 15 is 0 Å². The number of furan rings is 1. The Morgan fingerprint density at radius 3 is 2.26 bits per heavy atom. The summed E-state index contributed by atoms with van der Waals surface area (Å²) in [6.07, 6.45) is -1.53. The van der Waals surface area contributed by atoms with Crippen LogP contribution in [0.15, 0.2) is 77.4 Å². The van der Waals surface area contributed by atoms with E-state index in [2.05, 4.69) is 0 Å². The molecule has 9 heteroatoms. The summed E-state index contributed by atoms with van der Waals surface area (Å²) in [5, 5.41) is 0. The molecule has 2 aliphatic heterocycles. The first-order chi connectivity index (χ1) is 20.1. The third-order valence-corrected chi connectivity index (χ3v) is 7.34. The zero-order valence-electron chi connectivity index (χ0n) is 24.8. The first-order valence-electron chi connectivity index (χ1n) is 14.3. The molecule has 0 bridgehead atoms. The normalized spacial score (nSPS) is 25.6. The summed E-state index contributed by atoms with van der Waals surface area (Å²) in [5.41, 5.74) is 1.91. The number of carbonyl (C=O) groups excluding carboxylic acids is 1. The number of ether oxygens (including phenoxy) is 7. The van der Waals surface area contributed by atoms with Crippen molar-refractivity contribution in [2.75, 3.05) is 13.7 Å². The molecular weight excluding hydrogens is 540 g/mol. The van der Waals surface area contributed by atoms with Gasteiger partial charge in [0.15, 0.2) is 17.3 Å². The molecule has 2 saturated heterocycles. The SMILES string of the molecule is COc1ccc(CO[C@@H]2[C@H]([C@H](CC(=O)c3ccco3)OCc3ccccc3)OC(C)(C)O[C@@H]2[C@H]2COC(C)(C)O2)cc1. The van der Waals surface area contributed by atoms with Crippen LogP contribution >= 0.6 is 0 Å². The molecule has 0 saturated carbocycles. The van der Waals surface area contributed by atoms with Crippen molar-refractivity contribution < 1.29 is 42.4 Å². The van der Waals surface area contributed by atoms with Crippen LogP contribution in [0.2, 0.25) is 0 Å². The van der Waals surface area contributed by atoms with Gasteiger partial charge in [0.2, 0.25) is 5.78 Å². The van der Waals surface area contributed by atoms with Crippen molar-refractivity contribution in [3.63, 3.8) is 0 Å². The van der Waals surface area contributed by atoms with Gasteiger partial charge in [-0.1, -0.05) is 42.5 Å². The number of Topliss-reactive ketones (excluding diaryl/α,β-unsaturated/α-hetero) is 1. The van der Waals surface area contributed by atoms with Crippen LogP contribution in [0.5, 0.6) is 5.75 Å². The molecule has 226 valence electrons. The average molecular weight is 581 g/mol. The van der Waals surface area contributed by atoms with Crippen molar-refractivity contribution in [2.24, 2.45) is 0 Å². The van der Waals surface area contributed by atoms with Crippen LogP contribution in [-0.4, -0.2) is 61.6 Å². The third-order valence-electron chi connectivity index (χ3n) is 7.34. The fourth-order valence-electron chi connectivity index (χ4n) is 5.33. The minimum atomic E-state index is -1.02. The molecule has 5 atom stereocenters. The Morgan fingerprint density at radius 2 is 1.62 bits per heavy atom. The van der Waals surface area contributed by atoms with E-state index < -0.39 is 42.1 Å². The van der Waals surface area contributed by atoms with Gasteiger partial charge in [0.05, 0.1) is 39.3 Å². The fraction of sp³-hybridized carbons (Fsp3) is 0.485. The lowest BCUT2D eigenvalue weighted by atomic mass is 9.93. The number of methoxy groups -OCH3 is 1. The van der Waals surface area contributed by atoms with Crippen LogP contribution in [0, 0.1) is 0 Å². The maximum absolute atomic E-state index is 13.3. The van der Waals surface area contributed by atoms with Crippen LogP contribution < -0.4 is 4.74 Å². The zero-order chi connectivity index (χ0) is 29.7. The molecule has 0 spiro atoms. The van der Waals surface area contributed by atoms with Gasteiger partial charge in [0.1, 0.15) is 30.2 Å². The van der Waals surface area contributed by atoms with Gasteiger partial charge < -0.3 is 37.6 Å². The maximum atomic E-state index is 13.3. The summed E-state index contributed by atoms with van der Waals surface area (Å²) in [4.78, 5) is 13.3. The van der Waals surface area contributed by atoms with Crippen LogP contribution in [0.25, 0.3) is 0 Å². The smallest absolute Gasteiger partial charge is 0.200 e. The van der Waals surface area contributed by atoms with Gasteiger partial charge in [-0.05, 0) is 63.1 Å². The van der Waals surface area contributed by atoms with Crippen molar-refractivity contribution in [3.8, 4) is 5.75 Å². The molecule has 2 aromatic carbocycles. The zero-order valence-corrected chi connectivity index (χ0v) is 24.8. The van der Waals surface area contributed by atoms with Crippen molar-refractivity contribution in [1.29, 1.82) is 0 Å². The number of rotatable bonds is 12.